The highest BCUT2D eigenvalue weighted by Crippen LogP contribution is 2.20. The summed E-state index contributed by atoms with van der Waals surface area (Å²) >= 11 is 0. The summed E-state index contributed by atoms with van der Waals surface area (Å²) in [7, 11) is 2.20. The van der Waals surface area contributed by atoms with Gasteiger partial charge in [-0.2, -0.15) is 5.26 Å². The molecule has 1 saturated heterocycles. The molecule has 4 nitrogen and oxygen atoms in total. The molecule has 0 aliphatic carbocycles. The lowest BCUT2D eigenvalue weighted by Gasteiger charge is -2.28. The van der Waals surface area contributed by atoms with Crippen LogP contribution in [0.5, 0.6) is 5.75 Å². The van der Waals surface area contributed by atoms with Crippen molar-refractivity contribution in [3.63, 3.8) is 0 Å². The Morgan fingerprint density at radius 1 is 1.33 bits per heavy atom. The molecule has 4 heteroatoms. The molecular weight excluding hydrogens is 262 g/mol. The van der Waals surface area contributed by atoms with E-state index in [1.165, 1.54) is 32.4 Å². The lowest BCUT2D eigenvalue weighted by Crippen LogP contribution is -2.31. The molecule has 0 saturated carbocycles. The Kier molecular flexibility index (Phi) is 6.52. The summed E-state index contributed by atoms with van der Waals surface area (Å²) in [6, 6.07) is 9.93. The topological polar surface area (TPSA) is 48.3 Å². The molecule has 114 valence electrons. The number of rotatable bonds is 7. The van der Waals surface area contributed by atoms with E-state index < -0.39 is 0 Å². The zero-order chi connectivity index (χ0) is 14.9. The van der Waals surface area contributed by atoms with Gasteiger partial charge in [0.15, 0.2) is 6.61 Å². The van der Waals surface area contributed by atoms with E-state index in [2.05, 4.69) is 23.3 Å². The third-order valence-electron chi connectivity index (χ3n) is 4.15. The van der Waals surface area contributed by atoms with E-state index in [0.29, 0.717) is 0 Å². The maximum atomic E-state index is 8.60. The lowest BCUT2D eigenvalue weighted by atomic mass is 9.94. The van der Waals surface area contributed by atoms with E-state index in [1.807, 2.05) is 24.3 Å². The van der Waals surface area contributed by atoms with Crippen LogP contribution in [0.3, 0.4) is 0 Å². The number of nitriles is 1. The smallest absolute Gasteiger partial charge is 0.174 e. The van der Waals surface area contributed by atoms with Gasteiger partial charge in [-0.15, -0.1) is 0 Å². The average molecular weight is 287 g/mol. The zero-order valence-corrected chi connectivity index (χ0v) is 12.8. The largest absolute Gasteiger partial charge is 0.478 e. The number of nitrogens with zero attached hydrogens (tertiary/aromatic N) is 2. The second-order valence-electron chi connectivity index (χ2n) is 5.77. The molecular formula is C17H25N3O. The highest BCUT2D eigenvalue weighted by atomic mass is 16.5. The number of hydrogen-bond donors (Lipinski definition) is 1. The van der Waals surface area contributed by atoms with Crippen molar-refractivity contribution in [3.05, 3.63) is 29.8 Å². The first-order chi connectivity index (χ1) is 10.3. The second-order valence-corrected chi connectivity index (χ2v) is 5.77. The summed E-state index contributed by atoms with van der Waals surface area (Å²) in [5, 5.41) is 12.1. The maximum absolute atomic E-state index is 8.60. The van der Waals surface area contributed by atoms with Crippen LogP contribution in [-0.2, 0) is 6.54 Å². The van der Waals surface area contributed by atoms with Crippen LogP contribution in [0.1, 0.15) is 24.8 Å². The van der Waals surface area contributed by atoms with Gasteiger partial charge in [-0.3, -0.25) is 0 Å². The van der Waals surface area contributed by atoms with Crippen molar-refractivity contribution in [2.75, 3.05) is 33.3 Å². The van der Waals surface area contributed by atoms with E-state index in [4.69, 9.17) is 10.00 Å². The van der Waals surface area contributed by atoms with Crippen molar-refractivity contribution in [1.29, 1.82) is 5.26 Å². The van der Waals surface area contributed by atoms with E-state index >= 15 is 0 Å². The SMILES string of the molecule is CN1CCC(CCNCc2ccccc2OCC#N)CC1. The predicted octanol–water partition coefficient (Wildman–Crippen LogP) is 2.41. The van der Waals surface area contributed by atoms with Gasteiger partial charge in [0.05, 0.1) is 0 Å². The van der Waals surface area contributed by atoms with Gasteiger partial charge in [-0.05, 0) is 57.9 Å². The van der Waals surface area contributed by atoms with E-state index in [9.17, 15) is 0 Å². The molecule has 1 aliphatic rings. The quantitative estimate of drug-likeness (QED) is 0.782. The molecule has 1 aromatic rings. The first-order valence-corrected chi connectivity index (χ1v) is 7.76. The number of likely N-dealkylation sites (tertiary alicyclic amines) is 1. The molecule has 1 heterocycles. The molecule has 21 heavy (non-hydrogen) atoms. The summed E-state index contributed by atoms with van der Waals surface area (Å²) < 4.78 is 5.44. The Labute approximate surface area is 127 Å². The molecule has 1 fully saturated rings. The predicted molar refractivity (Wildman–Crippen MR) is 84.1 cm³/mol. The van der Waals surface area contributed by atoms with E-state index in [0.717, 1.165) is 30.3 Å². The van der Waals surface area contributed by atoms with Crippen LogP contribution in [0.25, 0.3) is 0 Å². The Bertz CT molecular complexity index is 461. The number of benzene rings is 1. The fourth-order valence-electron chi connectivity index (χ4n) is 2.78. The Morgan fingerprint density at radius 2 is 2.10 bits per heavy atom. The summed E-state index contributed by atoms with van der Waals surface area (Å²) in [5.74, 6) is 1.67. The molecule has 1 N–H and O–H groups in total. The number of piperidine rings is 1. The van der Waals surface area contributed by atoms with Crippen molar-refractivity contribution in [3.8, 4) is 11.8 Å². The monoisotopic (exact) mass is 287 g/mol. The first kappa shape index (κ1) is 15.8. The Balaban J connectivity index is 1.70. The molecule has 0 bridgehead atoms. The summed E-state index contributed by atoms with van der Waals surface area (Å²) in [6.07, 6.45) is 3.88. The zero-order valence-electron chi connectivity index (χ0n) is 12.8. The van der Waals surface area contributed by atoms with Crippen molar-refractivity contribution >= 4 is 0 Å². The van der Waals surface area contributed by atoms with Crippen molar-refractivity contribution < 1.29 is 4.74 Å². The minimum atomic E-state index is 0.104. The van der Waals surface area contributed by atoms with Crippen LogP contribution in [0.2, 0.25) is 0 Å². The third kappa shape index (κ3) is 5.37. The van der Waals surface area contributed by atoms with Crippen LogP contribution < -0.4 is 10.1 Å². The van der Waals surface area contributed by atoms with Crippen molar-refractivity contribution in [2.24, 2.45) is 5.92 Å². The van der Waals surface area contributed by atoms with Crippen LogP contribution in [-0.4, -0.2) is 38.2 Å². The van der Waals surface area contributed by atoms with Gasteiger partial charge < -0.3 is 15.0 Å². The minimum Gasteiger partial charge on any atom is -0.478 e. The van der Waals surface area contributed by atoms with Gasteiger partial charge in [0.1, 0.15) is 11.8 Å². The fourth-order valence-corrected chi connectivity index (χ4v) is 2.78. The Hall–Kier alpha value is -1.57. The number of para-hydroxylation sites is 1. The minimum absolute atomic E-state index is 0.104. The molecule has 1 aromatic carbocycles. The van der Waals surface area contributed by atoms with Crippen LogP contribution in [0.4, 0.5) is 0 Å². The molecule has 0 spiro atoms. The molecule has 0 radical (unpaired) electrons. The average Bonchev–Trinajstić information content (AvgIpc) is 2.52. The normalized spacial score (nSPS) is 16.6. The van der Waals surface area contributed by atoms with Crippen LogP contribution in [0, 0.1) is 17.2 Å². The second kappa shape index (κ2) is 8.66. The number of ether oxygens (including phenoxy) is 1. The molecule has 2 rings (SSSR count). The highest BCUT2D eigenvalue weighted by molar-refractivity contribution is 5.33. The number of nitrogens with one attached hydrogen (secondary N) is 1. The summed E-state index contributed by atoms with van der Waals surface area (Å²) in [6.45, 7) is 4.41. The highest BCUT2D eigenvalue weighted by Gasteiger charge is 2.15. The molecule has 0 amide bonds. The van der Waals surface area contributed by atoms with Crippen LogP contribution >= 0.6 is 0 Å². The number of hydrogen-bond acceptors (Lipinski definition) is 4. The van der Waals surface area contributed by atoms with Gasteiger partial charge in [-0.1, -0.05) is 18.2 Å². The summed E-state index contributed by atoms with van der Waals surface area (Å²) in [5.41, 5.74) is 1.12. The fraction of sp³-hybridized carbons (Fsp3) is 0.588. The van der Waals surface area contributed by atoms with Crippen molar-refractivity contribution in [2.45, 2.75) is 25.8 Å². The standard InChI is InChI=1S/C17H25N3O/c1-20-11-7-15(8-12-20)6-10-19-14-16-4-2-3-5-17(16)21-13-9-18/h2-5,15,19H,6-8,10-14H2,1H3. The molecule has 0 atom stereocenters. The molecule has 1 aliphatic heterocycles. The van der Waals surface area contributed by atoms with Gasteiger partial charge in [-0.25, -0.2) is 0 Å². The molecule has 0 aromatic heterocycles. The maximum Gasteiger partial charge on any atom is 0.174 e. The van der Waals surface area contributed by atoms with E-state index in [-0.39, 0.29) is 6.61 Å². The first-order valence-electron chi connectivity index (χ1n) is 7.76. The third-order valence-corrected chi connectivity index (χ3v) is 4.15. The molecule has 0 unspecified atom stereocenters. The van der Waals surface area contributed by atoms with Gasteiger partial charge in [0.2, 0.25) is 0 Å². The van der Waals surface area contributed by atoms with Gasteiger partial charge in [0.25, 0.3) is 0 Å². The Morgan fingerprint density at radius 3 is 2.86 bits per heavy atom. The van der Waals surface area contributed by atoms with Gasteiger partial charge in [0, 0.05) is 12.1 Å². The van der Waals surface area contributed by atoms with Crippen molar-refractivity contribution in [1.82, 2.24) is 10.2 Å². The van der Waals surface area contributed by atoms with Gasteiger partial charge >= 0.3 is 0 Å². The van der Waals surface area contributed by atoms with Crippen LogP contribution in [0.15, 0.2) is 24.3 Å². The lowest BCUT2D eigenvalue weighted by molar-refractivity contribution is 0.211. The van der Waals surface area contributed by atoms with E-state index in [1.54, 1.807) is 0 Å². The summed E-state index contributed by atoms with van der Waals surface area (Å²) in [4.78, 5) is 2.41.